The summed E-state index contributed by atoms with van der Waals surface area (Å²) in [5, 5.41) is 9.85. The number of H-pyrrole nitrogens is 1. The third-order valence-corrected chi connectivity index (χ3v) is 6.84. The van der Waals surface area contributed by atoms with Gasteiger partial charge in [-0.3, -0.25) is 0 Å². The molecule has 1 aromatic carbocycles. The summed E-state index contributed by atoms with van der Waals surface area (Å²) in [6.07, 6.45) is 2.72. The first kappa shape index (κ1) is 23.5. The van der Waals surface area contributed by atoms with Gasteiger partial charge in [-0.15, -0.1) is 0 Å². The number of carbonyl (C=O) groups is 2. The van der Waals surface area contributed by atoms with Gasteiger partial charge in [-0.1, -0.05) is 0 Å². The number of rotatable bonds is 5. The molecule has 1 radical (unpaired) electrons. The number of hydrogen-bond donors (Lipinski definition) is 3. The predicted octanol–water partition coefficient (Wildman–Crippen LogP) is -0.688. The molecule has 1 saturated heterocycles. The van der Waals surface area contributed by atoms with Crippen molar-refractivity contribution >= 4 is 48.4 Å². The van der Waals surface area contributed by atoms with E-state index in [4.69, 9.17) is 5.73 Å². The summed E-state index contributed by atoms with van der Waals surface area (Å²) in [5.74, 6) is -1.30. The van der Waals surface area contributed by atoms with Gasteiger partial charge in [-0.05, 0) is 0 Å². The van der Waals surface area contributed by atoms with E-state index in [9.17, 15) is 19.5 Å². The molecular formula is C19H17N6O4SeY-. The fourth-order valence-electron chi connectivity index (χ4n) is 3.25. The summed E-state index contributed by atoms with van der Waals surface area (Å²) in [6, 6.07) is 7.44. The number of carbonyl (C=O) groups excluding carboxylic acids is 1. The fraction of sp³-hybridized carbons (Fsp3) is 0.263. The van der Waals surface area contributed by atoms with Crippen LogP contribution >= 0.6 is 0 Å². The van der Waals surface area contributed by atoms with Crippen molar-refractivity contribution in [1.29, 1.82) is 0 Å². The van der Waals surface area contributed by atoms with E-state index in [-0.39, 0.29) is 70.7 Å². The molecule has 0 saturated carbocycles. The maximum Gasteiger partial charge on any atom is 0 e. The van der Waals surface area contributed by atoms with Gasteiger partial charge in [-0.2, -0.15) is 0 Å². The Hall–Kier alpha value is -2.20. The molecule has 2 aromatic heterocycles. The second-order valence-corrected chi connectivity index (χ2v) is 8.91. The predicted molar refractivity (Wildman–Crippen MR) is 108 cm³/mol. The van der Waals surface area contributed by atoms with Gasteiger partial charge in [0.15, 0.2) is 0 Å². The topological polar surface area (TPSA) is 155 Å². The van der Waals surface area contributed by atoms with Crippen LogP contribution in [-0.2, 0) is 42.8 Å². The number of nitrogens with zero attached hydrogens (tertiary/aromatic N) is 4. The summed E-state index contributed by atoms with van der Waals surface area (Å²) in [4.78, 5) is 52.1. The minimum Gasteiger partial charge on any atom is 0 e. The minimum absolute atomic E-state index is 0. The normalized spacial score (nSPS) is 15.6. The molecule has 157 valence electrons. The molecule has 31 heavy (non-hydrogen) atoms. The number of anilines is 1. The Morgan fingerprint density at radius 3 is 2.87 bits per heavy atom. The van der Waals surface area contributed by atoms with Gasteiger partial charge in [0.25, 0.3) is 0 Å². The van der Waals surface area contributed by atoms with Gasteiger partial charge in [-0.25, -0.2) is 0 Å². The smallest absolute Gasteiger partial charge is 0 e. The van der Waals surface area contributed by atoms with Crippen molar-refractivity contribution in [1.82, 2.24) is 24.8 Å². The van der Waals surface area contributed by atoms with Gasteiger partial charge in [0.2, 0.25) is 0 Å². The second-order valence-electron chi connectivity index (χ2n) is 6.71. The molecule has 0 aliphatic carbocycles. The largest absolute Gasteiger partial charge is 0 e. The summed E-state index contributed by atoms with van der Waals surface area (Å²) in [7, 11) is 0. The van der Waals surface area contributed by atoms with Crippen molar-refractivity contribution in [2.24, 2.45) is 0 Å². The first-order valence-corrected chi connectivity index (χ1v) is 11.2. The number of nitrogens with two attached hydrogens (primary N) is 1. The number of nitrogen functional groups attached to an aromatic ring is 1. The van der Waals surface area contributed by atoms with Crippen molar-refractivity contribution in [3.05, 3.63) is 52.1 Å². The molecule has 1 amide bonds. The van der Waals surface area contributed by atoms with Crippen LogP contribution in [-0.4, -0.2) is 69.4 Å². The second kappa shape index (κ2) is 9.95. The van der Waals surface area contributed by atoms with E-state index in [1.165, 1.54) is 4.90 Å². The van der Waals surface area contributed by atoms with Gasteiger partial charge >= 0.3 is 176 Å². The Kier molecular flexibility index (Phi) is 7.53. The standard InChI is InChI=1S/C19H17N6O4Se.Y/c20-19-23-15-14(16(26)24-19)22-11(8-21-15)9-30-12-5-3-10(4-6-12)17(27)25-7-1-2-13(25)18(28)29;/h3,5-6,8,13H,1-2,7,9H2,(H,28,29)(H3,20,21,23,24,26);/q-1;. The fourth-order valence-corrected chi connectivity index (χ4v) is 4.85. The molecule has 4 N–H and O–H groups in total. The average molecular weight is 561 g/mol. The van der Waals surface area contributed by atoms with Crippen LogP contribution in [0.1, 0.15) is 28.9 Å². The molecule has 0 spiro atoms. The van der Waals surface area contributed by atoms with Crippen LogP contribution < -0.4 is 15.8 Å². The molecule has 12 heteroatoms. The summed E-state index contributed by atoms with van der Waals surface area (Å²) >= 11 is -0.0221. The quantitative estimate of drug-likeness (QED) is 0.273. The number of aliphatic carboxylic acids is 1. The molecule has 3 heterocycles. The SMILES string of the molecule is Nc1nc2ncc(C[Se]c3c[c-]c(C(=O)N4CCCC4C(=O)O)cc3)nc2c(=O)[nH]1.[Y]. The molecule has 10 nitrogen and oxygen atoms in total. The van der Waals surface area contributed by atoms with Gasteiger partial charge in [0.05, 0.1) is 0 Å². The van der Waals surface area contributed by atoms with E-state index in [0.29, 0.717) is 36.0 Å². The number of fused-ring (bicyclic) bond motifs is 1. The molecule has 0 bridgehead atoms. The number of benzene rings is 1. The Bertz CT molecular complexity index is 1190. The minimum atomic E-state index is -0.978. The third-order valence-electron chi connectivity index (χ3n) is 4.69. The van der Waals surface area contributed by atoms with Crippen molar-refractivity contribution in [3.63, 3.8) is 0 Å². The summed E-state index contributed by atoms with van der Waals surface area (Å²) in [5.41, 5.74) is 6.41. The van der Waals surface area contributed by atoms with Crippen molar-refractivity contribution in [2.45, 2.75) is 24.2 Å². The Morgan fingerprint density at radius 2 is 2.16 bits per heavy atom. The monoisotopic (exact) mass is 562 g/mol. The maximum absolute atomic E-state index is 12.6. The third kappa shape index (κ3) is 5.18. The average Bonchev–Trinajstić information content (AvgIpc) is 3.22. The van der Waals surface area contributed by atoms with Crippen molar-refractivity contribution in [3.8, 4) is 0 Å². The van der Waals surface area contributed by atoms with Crippen molar-refractivity contribution < 1.29 is 47.4 Å². The van der Waals surface area contributed by atoms with E-state index < -0.39 is 17.6 Å². The van der Waals surface area contributed by atoms with Gasteiger partial charge in [0.1, 0.15) is 0 Å². The van der Waals surface area contributed by atoms with Crippen LogP contribution in [0.5, 0.6) is 0 Å². The van der Waals surface area contributed by atoms with Gasteiger partial charge in [0, 0.05) is 32.7 Å². The molecule has 1 aliphatic heterocycles. The number of nitrogens with one attached hydrogen (secondary N) is 1. The zero-order valence-corrected chi connectivity index (χ0v) is 20.8. The van der Waals surface area contributed by atoms with Crippen LogP contribution in [0.4, 0.5) is 5.95 Å². The summed E-state index contributed by atoms with van der Waals surface area (Å²) in [6.45, 7) is 0.440. The Morgan fingerprint density at radius 1 is 1.35 bits per heavy atom. The van der Waals surface area contributed by atoms with Crippen LogP contribution in [0.3, 0.4) is 0 Å². The van der Waals surface area contributed by atoms with Crippen molar-refractivity contribution in [2.75, 3.05) is 12.3 Å². The number of likely N-dealkylation sites (tertiary alicyclic amines) is 1. The Labute approximate surface area is 208 Å². The number of aromatic amines is 1. The van der Waals surface area contributed by atoms with E-state index >= 15 is 0 Å². The zero-order chi connectivity index (χ0) is 21.3. The van der Waals surface area contributed by atoms with Gasteiger partial charge < -0.3 is 0 Å². The van der Waals surface area contributed by atoms with E-state index in [2.05, 4.69) is 26.0 Å². The van der Waals surface area contributed by atoms with Crippen LogP contribution in [0.15, 0.2) is 29.2 Å². The molecule has 1 atom stereocenters. The molecule has 1 aliphatic rings. The number of aromatic nitrogens is 4. The molecular weight excluding hydrogens is 544 g/mol. The summed E-state index contributed by atoms with van der Waals surface area (Å²) < 4.78 is 0.987. The molecule has 1 fully saturated rings. The number of amides is 1. The molecule has 3 aromatic rings. The zero-order valence-electron chi connectivity index (χ0n) is 16.2. The number of hydrogen-bond acceptors (Lipinski definition) is 7. The van der Waals surface area contributed by atoms with Crippen LogP contribution in [0.25, 0.3) is 11.2 Å². The first-order valence-electron chi connectivity index (χ1n) is 9.12. The van der Waals surface area contributed by atoms with E-state index in [0.717, 1.165) is 4.46 Å². The molecule has 1 unspecified atom stereocenters. The number of carboxylic acids is 1. The molecule has 4 rings (SSSR count). The first-order chi connectivity index (χ1) is 14.4. The Balaban J connectivity index is 0.00000272. The van der Waals surface area contributed by atoms with Crippen LogP contribution in [0.2, 0.25) is 0 Å². The maximum atomic E-state index is 12.6. The van der Waals surface area contributed by atoms with Crippen LogP contribution in [0, 0.1) is 6.07 Å². The van der Waals surface area contributed by atoms with E-state index in [1.54, 1.807) is 18.3 Å². The van der Waals surface area contributed by atoms with E-state index in [1.807, 2.05) is 6.07 Å². The number of carboxylic acid groups (broad SMARTS) is 1.